The van der Waals surface area contributed by atoms with Gasteiger partial charge in [-0.05, 0) is 19.0 Å². The maximum Gasteiger partial charge on any atom is 0.0987 e. The van der Waals surface area contributed by atoms with Crippen LogP contribution in [0.3, 0.4) is 0 Å². The average molecular weight is 275 g/mol. The summed E-state index contributed by atoms with van der Waals surface area (Å²) in [7, 11) is 2.02. The van der Waals surface area contributed by atoms with Crippen molar-refractivity contribution in [2.45, 2.75) is 31.2 Å². The van der Waals surface area contributed by atoms with E-state index in [1.165, 1.54) is 16.2 Å². The van der Waals surface area contributed by atoms with Crippen LogP contribution in [0.2, 0.25) is 0 Å². The van der Waals surface area contributed by atoms with Crippen molar-refractivity contribution in [2.24, 2.45) is 7.05 Å². The van der Waals surface area contributed by atoms with Crippen LogP contribution >= 0.6 is 11.8 Å². The summed E-state index contributed by atoms with van der Waals surface area (Å²) in [6.45, 7) is 6.09. The topological polar surface area (TPSA) is 29.9 Å². The van der Waals surface area contributed by atoms with Gasteiger partial charge in [0.25, 0.3) is 0 Å². The molecule has 4 heteroatoms. The van der Waals surface area contributed by atoms with Gasteiger partial charge in [0.15, 0.2) is 0 Å². The normalized spacial score (nSPS) is 10.9. The Balaban J connectivity index is 2.10. The first kappa shape index (κ1) is 14.2. The summed E-state index contributed by atoms with van der Waals surface area (Å²) in [6.07, 6.45) is 0. The average Bonchev–Trinajstić information content (AvgIpc) is 2.69. The summed E-state index contributed by atoms with van der Waals surface area (Å²) >= 11 is 1.86. The van der Waals surface area contributed by atoms with E-state index < -0.39 is 0 Å². The van der Waals surface area contributed by atoms with E-state index in [0.29, 0.717) is 0 Å². The molecule has 1 N–H and O–H groups in total. The van der Waals surface area contributed by atoms with Gasteiger partial charge in [-0.1, -0.05) is 37.3 Å². The van der Waals surface area contributed by atoms with Crippen LogP contribution in [-0.2, 0) is 19.3 Å². The van der Waals surface area contributed by atoms with Crippen LogP contribution in [0.15, 0.2) is 35.4 Å². The highest BCUT2D eigenvalue weighted by Crippen LogP contribution is 2.27. The van der Waals surface area contributed by atoms with Crippen molar-refractivity contribution in [3.8, 4) is 0 Å². The Kier molecular flexibility index (Phi) is 5.05. The molecule has 3 nitrogen and oxygen atoms in total. The van der Waals surface area contributed by atoms with Crippen molar-refractivity contribution < 1.29 is 0 Å². The number of benzene rings is 1. The lowest BCUT2D eigenvalue weighted by Gasteiger charge is -2.07. The third kappa shape index (κ3) is 3.61. The SMILES string of the molecule is CCNCc1c(C)nn(C)c1SCc1ccccc1. The quantitative estimate of drug-likeness (QED) is 0.821. The minimum Gasteiger partial charge on any atom is -0.313 e. The molecule has 1 heterocycles. The van der Waals surface area contributed by atoms with Crippen LogP contribution in [0.1, 0.15) is 23.7 Å². The maximum atomic E-state index is 4.53. The number of aryl methyl sites for hydroxylation is 2. The van der Waals surface area contributed by atoms with Crippen LogP contribution in [0.25, 0.3) is 0 Å². The second-order valence-corrected chi connectivity index (χ2v) is 5.51. The molecule has 0 aliphatic rings. The molecular weight excluding hydrogens is 254 g/mol. The Morgan fingerprint density at radius 1 is 1.26 bits per heavy atom. The zero-order valence-electron chi connectivity index (χ0n) is 11.8. The molecule has 1 aromatic heterocycles. The predicted molar refractivity (Wildman–Crippen MR) is 81.3 cm³/mol. The van der Waals surface area contributed by atoms with E-state index in [1.807, 2.05) is 23.5 Å². The lowest BCUT2D eigenvalue weighted by Crippen LogP contribution is -2.12. The number of aromatic nitrogens is 2. The fraction of sp³-hybridized carbons (Fsp3) is 0.400. The lowest BCUT2D eigenvalue weighted by molar-refractivity contribution is 0.674. The summed E-state index contributed by atoms with van der Waals surface area (Å²) < 4.78 is 2.00. The van der Waals surface area contributed by atoms with Crippen molar-refractivity contribution >= 4 is 11.8 Å². The Bertz CT molecular complexity index is 520. The molecule has 1 aromatic carbocycles. The highest BCUT2D eigenvalue weighted by molar-refractivity contribution is 7.98. The minimum atomic E-state index is 0.896. The zero-order valence-corrected chi connectivity index (χ0v) is 12.6. The van der Waals surface area contributed by atoms with Crippen LogP contribution < -0.4 is 5.32 Å². The molecule has 0 spiro atoms. The van der Waals surface area contributed by atoms with E-state index in [0.717, 1.165) is 24.5 Å². The Hall–Kier alpha value is -1.26. The monoisotopic (exact) mass is 275 g/mol. The minimum absolute atomic E-state index is 0.896. The second-order valence-electron chi connectivity index (χ2n) is 4.55. The molecule has 0 radical (unpaired) electrons. The number of nitrogens with zero attached hydrogens (tertiary/aromatic N) is 2. The highest BCUT2D eigenvalue weighted by Gasteiger charge is 2.13. The van der Waals surface area contributed by atoms with Gasteiger partial charge in [0, 0.05) is 24.9 Å². The predicted octanol–water partition coefficient (Wildman–Crippen LogP) is 3.13. The third-order valence-electron chi connectivity index (χ3n) is 3.06. The van der Waals surface area contributed by atoms with E-state index in [-0.39, 0.29) is 0 Å². The Labute approximate surface area is 119 Å². The smallest absolute Gasteiger partial charge is 0.0987 e. The zero-order chi connectivity index (χ0) is 13.7. The molecule has 2 aromatic rings. The summed E-state index contributed by atoms with van der Waals surface area (Å²) in [5.74, 6) is 0.985. The molecule has 0 saturated carbocycles. The van der Waals surface area contributed by atoms with Gasteiger partial charge in [0.1, 0.15) is 0 Å². The van der Waals surface area contributed by atoms with Gasteiger partial charge in [-0.2, -0.15) is 5.10 Å². The molecule has 102 valence electrons. The number of hydrogen-bond acceptors (Lipinski definition) is 3. The van der Waals surface area contributed by atoms with Crippen LogP contribution in [0.5, 0.6) is 0 Å². The fourth-order valence-electron chi connectivity index (χ4n) is 2.04. The van der Waals surface area contributed by atoms with Crippen molar-refractivity contribution in [3.63, 3.8) is 0 Å². The Morgan fingerprint density at radius 3 is 2.68 bits per heavy atom. The van der Waals surface area contributed by atoms with Crippen molar-refractivity contribution in [2.75, 3.05) is 6.54 Å². The van der Waals surface area contributed by atoms with Crippen molar-refractivity contribution in [1.82, 2.24) is 15.1 Å². The molecule has 0 saturated heterocycles. The summed E-state index contributed by atoms with van der Waals surface area (Å²) in [6, 6.07) is 10.6. The molecule has 0 bridgehead atoms. The van der Waals surface area contributed by atoms with Gasteiger partial charge in [-0.15, -0.1) is 11.8 Å². The van der Waals surface area contributed by atoms with Gasteiger partial charge >= 0.3 is 0 Å². The Morgan fingerprint density at radius 2 is 2.00 bits per heavy atom. The number of thioether (sulfide) groups is 1. The van der Waals surface area contributed by atoms with Crippen molar-refractivity contribution in [1.29, 1.82) is 0 Å². The number of rotatable bonds is 6. The number of nitrogens with one attached hydrogen (secondary N) is 1. The van der Waals surface area contributed by atoms with Gasteiger partial charge in [0.2, 0.25) is 0 Å². The van der Waals surface area contributed by atoms with E-state index >= 15 is 0 Å². The first-order chi connectivity index (χ1) is 9.22. The van der Waals surface area contributed by atoms with Gasteiger partial charge in [-0.3, -0.25) is 4.68 Å². The second kappa shape index (κ2) is 6.78. The van der Waals surface area contributed by atoms with Gasteiger partial charge in [-0.25, -0.2) is 0 Å². The third-order valence-corrected chi connectivity index (χ3v) is 4.32. The van der Waals surface area contributed by atoms with Crippen LogP contribution in [0, 0.1) is 6.92 Å². The maximum absolute atomic E-state index is 4.53. The van der Waals surface area contributed by atoms with Crippen LogP contribution in [0.4, 0.5) is 0 Å². The van der Waals surface area contributed by atoms with E-state index in [9.17, 15) is 0 Å². The molecular formula is C15H21N3S. The summed E-state index contributed by atoms with van der Waals surface area (Å²) in [4.78, 5) is 0. The van der Waals surface area contributed by atoms with Gasteiger partial charge in [0.05, 0.1) is 10.7 Å². The largest absolute Gasteiger partial charge is 0.313 e. The first-order valence-corrected chi connectivity index (χ1v) is 7.60. The molecule has 0 aliphatic heterocycles. The van der Waals surface area contributed by atoms with E-state index in [1.54, 1.807) is 0 Å². The van der Waals surface area contributed by atoms with E-state index in [2.05, 4.69) is 54.6 Å². The number of hydrogen-bond donors (Lipinski definition) is 1. The molecule has 19 heavy (non-hydrogen) atoms. The fourth-order valence-corrected chi connectivity index (χ4v) is 3.16. The molecule has 2 rings (SSSR count). The summed E-state index contributed by atoms with van der Waals surface area (Å²) in [5.41, 5.74) is 3.80. The lowest BCUT2D eigenvalue weighted by atomic mass is 10.2. The van der Waals surface area contributed by atoms with E-state index in [4.69, 9.17) is 0 Å². The molecule has 0 fully saturated rings. The molecule has 0 atom stereocenters. The first-order valence-electron chi connectivity index (χ1n) is 6.62. The molecule has 0 aliphatic carbocycles. The summed E-state index contributed by atoms with van der Waals surface area (Å²) in [5, 5.41) is 9.19. The van der Waals surface area contributed by atoms with Crippen molar-refractivity contribution in [3.05, 3.63) is 47.2 Å². The molecule has 0 amide bonds. The molecule has 0 unspecified atom stereocenters. The van der Waals surface area contributed by atoms with Crippen LogP contribution in [-0.4, -0.2) is 16.3 Å². The standard InChI is InChI=1S/C15H21N3S/c1-4-16-10-14-12(2)17-18(3)15(14)19-11-13-8-6-5-7-9-13/h5-9,16H,4,10-11H2,1-3H3. The highest BCUT2D eigenvalue weighted by atomic mass is 32.2. The van der Waals surface area contributed by atoms with Gasteiger partial charge < -0.3 is 5.32 Å².